The van der Waals surface area contributed by atoms with Gasteiger partial charge in [-0.15, -0.1) is 10.2 Å². The van der Waals surface area contributed by atoms with Crippen LogP contribution in [-0.2, 0) is 13.6 Å². The molecule has 8 heteroatoms. The summed E-state index contributed by atoms with van der Waals surface area (Å²) < 4.78 is 1.56. The summed E-state index contributed by atoms with van der Waals surface area (Å²) in [6.45, 7) is 4.35. The SMILES string of the molecule is CC(C)c1nnc(C(=O)NCc2cnn(C)c2N)s1. The van der Waals surface area contributed by atoms with Crippen molar-refractivity contribution in [1.29, 1.82) is 0 Å². The highest BCUT2D eigenvalue weighted by atomic mass is 32.1. The molecule has 0 aliphatic rings. The summed E-state index contributed by atoms with van der Waals surface area (Å²) in [5.74, 6) is 0.570. The molecule has 2 aromatic heterocycles. The second-order valence-corrected chi connectivity index (χ2v) is 5.47. The van der Waals surface area contributed by atoms with Gasteiger partial charge in [-0.1, -0.05) is 25.2 Å². The molecule has 0 bridgehead atoms. The highest BCUT2D eigenvalue weighted by Crippen LogP contribution is 2.19. The van der Waals surface area contributed by atoms with E-state index in [1.165, 1.54) is 11.3 Å². The molecule has 102 valence electrons. The Hall–Kier alpha value is -1.96. The van der Waals surface area contributed by atoms with E-state index in [1.807, 2.05) is 13.8 Å². The lowest BCUT2D eigenvalue weighted by molar-refractivity contribution is 0.0950. The summed E-state index contributed by atoms with van der Waals surface area (Å²) >= 11 is 1.31. The van der Waals surface area contributed by atoms with Crippen molar-refractivity contribution in [2.45, 2.75) is 26.3 Å². The second kappa shape index (κ2) is 5.35. The Morgan fingerprint density at radius 3 is 2.79 bits per heavy atom. The number of aryl methyl sites for hydroxylation is 1. The van der Waals surface area contributed by atoms with Gasteiger partial charge < -0.3 is 11.1 Å². The fourth-order valence-electron chi connectivity index (χ4n) is 1.44. The lowest BCUT2D eigenvalue weighted by Crippen LogP contribution is -2.23. The first kappa shape index (κ1) is 13.5. The van der Waals surface area contributed by atoms with Crippen LogP contribution in [0.2, 0.25) is 0 Å². The quantitative estimate of drug-likeness (QED) is 0.867. The zero-order chi connectivity index (χ0) is 14.0. The number of aromatic nitrogens is 4. The van der Waals surface area contributed by atoms with E-state index in [0.29, 0.717) is 17.4 Å². The maximum atomic E-state index is 11.9. The number of carbonyl (C=O) groups excluding carboxylic acids is 1. The number of carbonyl (C=O) groups is 1. The lowest BCUT2D eigenvalue weighted by Gasteiger charge is -2.02. The van der Waals surface area contributed by atoms with E-state index in [0.717, 1.165) is 10.6 Å². The van der Waals surface area contributed by atoms with Crippen LogP contribution < -0.4 is 11.1 Å². The molecule has 0 saturated heterocycles. The zero-order valence-electron chi connectivity index (χ0n) is 11.0. The smallest absolute Gasteiger partial charge is 0.282 e. The lowest BCUT2D eigenvalue weighted by atomic mass is 10.2. The van der Waals surface area contributed by atoms with Crippen LogP contribution in [0.15, 0.2) is 6.20 Å². The molecule has 0 spiro atoms. The topological polar surface area (TPSA) is 98.7 Å². The van der Waals surface area contributed by atoms with Gasteiger partial charge in [0.05, 0.1) is 6.20 Å². The highest BCUT2D eigenvalue weighted by molar-refractivity contribution is 7.13. The normalized spacial score (nSPS) is 10.9. The fraction of sp³-hybridized carbons (Fsp3) is 0.455. The third-order valence-electron chi connectivity index (χ3n) is 2.63. The molecule has 0 aromatic carbocycles. The van der Waals surface area contributed by atoms with Crippen molar-refractivity contribution in [3.63, 3.8) is 0 Å². The van der Waals surface area contributed by atoms with Gasteiger partial charge in [-0.25, -0.2) is 0 Å². The zero-order valence-corrected chi connectivity index (χ0v) is 11.9. The van der Waals surface area contributed by atoms with Crippen molar-refractivity contribution in [2.24, 2.45) is 7.05 Å². The van der Waals surface area contributed by atoms with Gasteiger partial charge in [0.15, 0.2) is 0 Å². The molecule has 19 heavy (non-hydrogen) atoms. The maximum absolute atomic E-state index is 11.9. The van der Waals surface area contributed by atoms with E-state index in [2.05, 4.69) is 20.6 Å². The molecular formula is C11H16N6OS. The second-order valence-electron chi connectivity index (χ2n) is 4.46. The van der Waals surface area contributed by atoms with Crippen molar-refractivity contribution in [3.05, 3.63) is 21.8 Å². The number of nitrogens with one attached hydrogen (secondary N) is 1. The van der Waals surface area contributed by atoms with Gasteiger partial charge in [-0.3, -0.25) is 9.48 Å². The molecule has 0 atom stereocenters. The molecule has 0 fully saturated rings. The van der Waals surface area contributed by atoms with Gasteiger partial charge in [0.25, 0.3) is 5.91 Å². The van der Waals surface area contributed by atoms with E-state index >= 15 is 0 Å². The monoisotopic (exact) mass is 280 g/mol. The first-order chi connectivity index (χ1) is 8.99. The summed E-state index contributed by atoms with van der Waals surface area (Å²) in [4.78, 5) is 11.9. The van der Waals surface area contributed by atoms with Crippen LogP contribution >= 0.6 is 11.3 Å². The fourth-order valence-corrected chi connectivity index (χ4v) is 2.20. The average molecular weight is 280 g/mol. The Morgan fingerprint density at radius 1 is 1.53 bits per heavy atom. The highest BCUT2D eigenvalue weighted by Gasteiger charge is 2.15. The van der Waals surface area contributed by atoms with E-state index < -0.39 is 0 Å². The number of hydrogen-bond acceptors (Lipinski definition) is 6. The van der Waals surface area contributed by atoms with Crippen LogP contribution in [-0.4, -0.2) is 25.9 Å². The van der Waals surface area contributed by atoms with Crippen LogP contribution in [0.3, 0.4) is 0 Å². The summed E-state index contributed by atoms with van der Waals surface area (Å²) in [6, 6.07) is 0. The molecule has 3 N–H and O–H groups in total. The van der Waals surface area contributed by atoms with Gasteiger partial charge in [0.2, 0.25) is 5.01 Å². The van der Waals surface area contributed by atoms with E-state index in [1.54, 1.807) is 17.9 Å². The summed E-state index contributed by atoms with van der Waals surface area (Å²) in [5.41, 5.74) is 6.58. The number of anilines is 1. The number of nitrogen functional groups attached to an aromatic ring is 1. The van der Waals surface area contributed by atoms with Crippen molar-refractivity contribution in [3.8, 4) is 0 Å². The van der Waals surface area contributed by atoms with E-state index in [-0.39, 0.29) is 11.8 Å². The summed E-state index contributed by atoms with van der Waals surface area (Å²) in [6.07, 6.45) is 1.63. The van der Waals surface area contributed by atoms with Crippen LogP contribution in [0.1, 0.15) is 40.1 Å². The minimum Gasteiger partial charge on any atom is -0.384 e. The molecule has 0 unspecified atom stereocenters. The largest absolute Gasteiger partial charge is 0.384 e. The Bertz CT molecular complexity index is 588. The summed E-state index contributed by atoms with van der Waals surface area (Å²) in [5, 5.41) is 15.8. The van der Waals surface area contributed by atoms with Crippen LogP contribution in [0.4, 0.5) is 5.82 Å². The first-order valence-electron chi connectivity index (χ1n) is 5.87. The molecule has 0 aliphatic carbocycles. The number of rotatable bonds is 4. The van der Waals surface area contributed by atoms with Gasteiger partial charge in [-0.2, -0.15) is 5.10 Å². The summed E-state index contributed by atoms with van der Waals surface area (Å²) in [7, 11) is 1.75. The molecule has 2 rings (SSSR count). The van der Waals surface area contributed by atoms with Crippen LogP contribution in [0.25, 0.3) is 0 Å². The average Bonchev–Trinajstić information content (AvgIpc) is 2.97. The van der Waals surface area contributed by atoms with Gasteiger partial charge in [0.1, 0.15) is 10.8 Å². The number of nitrogens with two attached hydrogens (primary N) is 1. The van der Waals surface area contributed by atoms with Gasteiger partial charge in [-0.05, 0) is 0 Å². The van der Waals surface area contributed by atoms with Crippen molar-refractivity contribution < 1.29 is 4.79 Å². The van der Waals surface area contributed by atoms with Crippen molar-refractivity contribution in [2.75, 3.05) is 5.73 Å². The van der Waals surface area contributed by atoms with Crippen LogP contribution in [0.5, 0.6) is 0 Å². The predicted octanol–water partition coefficient (Wildman–Crippen LogP) is 0.907. The molecular weight excluding hydrogens is 264 g/mol. The Balaban J connectivity index is 1.99. The first-order valence-corrected chi connectivity index (χ1v) is 6.68. The van der Waals surface area contributed by atoms with E-state index in [9.17, 15) is 4.79 Å². The number of hydrogen-bond donors (Lipinski definition) is 2. The molecule has 0 saturated carbocycles. The van der Waals surface area contributed by atoms with Gasteiger partial charge >= 0.3 is 0 Å². The predicted molar refractivity (Wildman–Crippen MR) is 72.8 cm³/mol. The number of nitrogens with zero attached hydrogens (tertiary/aromatic N) is 4. The van der Waals surface area contributed by atoms with Gasteiger partial charge in [0, 0.05) is 25.1 Å². The minimum atomic E-state index is -0.243. The number of amides is 1. The maximum Gasteiger partial charge on any atom is 0.282 e. The Morgan fingerprint density at radius 2 is 2.26 bits per heavy atom. The van der Waals surface area contributed by atoms with E-state index in [4.69, 9.17) is 5.73 Å². The Labute approximate surface area is 114 Å². The third-order valence-corrected chi connectivity index (χ3v) is 3.86. The van der Waals surface area contributed by atoms with Crippen molar-refractivity contribution >= 4 is 23.1 Å². The molecule has 0 radical (unpaired) electrons. The molecule has 1 amide bonds. The Kier molecular flexibility index (Phi) is 3.79. The third kappa shape index (κ3) is 2.90. The molecule has 7 nitrogen and oxygen atoms in total. The van der Waals surface area contributed by atoms with Crippen molar-refractivity contribution in [1.82, 2.24) is 25.3 Å². The molecule has 2 heterocycles. The van der Waals surface area contributed by atoms with Crippen LogP contribution in [0, 0.1) is 0 Å². The molecule has 0 aliphatic heterocycles. The minimum absolute atomic E-state index is 0.243. The standard InChI is InChI=1S/C11H16N6OS/c1-6(2)10-15-16-11(19-10)9(18)13-4-7-5-14-17(3)8(7)12/h5-6H,4,12H2,1-3H3,(H,13,18). The molecule has 2 aromatic rings.